The maximum Gasteiger partial charge on any atom is 0.0526 e. The van der Waals surface area contributed by atoms with E-state index in [1.165, 1.54) is 25.7 Å². The molecule has 4 unspecified atom stereocenters. The van der Waals surface area contributed by atoms with Crippen molar-refractivity contribution in [1.82, 2.24) is 5.32 Å². The highest BCUT2D eigenvalue weighted by Crippen LogP contribution is 2.30. The van der Waals surface area contributed by atoms with Crippen LogP contribution in [-0.2, 0) is 0 Å². The van der Waals surface area contributed by atoms with Crippen LogP contribution < -0.4 is 5.32 Å². The zero-order valence-electron chi connectivity index (χ0n) is 11.4. The van der Waals surface area contributed by atoms with E-state index in [1.54, 1.807) is 0 Å². The lowest BCUT2D eigenvalue weighted by atomic mass is 9.77. The Labute approximate surface area is 101 Å². The summed E-state index contributed by atoms with van der Waals surface area (Å²) in [5.41, 5.74) is 0. The number of hydrogen-bond acceptors (Lipinski definition) is 2. The van der Waals surface area contributed by atoms with Crippen molar-refractivity contribution in [1.29, 1.82) is 0 Å². The highest BCUT2D eigenvalue weighted by molar-refractivity contribution is 4.84. The van der Waals surface area contributed by atoms with Crippen LogP contribution in [0.5, 0.6) is 0 Å². The Kier molecular flexibility index (Phi) is 5.77. The van der Waals surface area contributed by atoms with Gasteiger partial charge >= 0.3 is 0 Å². The largest absolute Gasteiger partial charge is 0.393 e. The van der Waals surface area contributed by atoms with Gasteiger partial charge in [0, 0.05) is 12.1 Å². The molecule has 0 saturated heterocycles. The molecule has 96 valence electrons. The quantitative estimate of drug-likeness (QED) is 0.757. The van der Waals surface area contributed by atoms with E-state index in [1.807, 2.05) is 6.92 Å². The lowest BCUT2D eigenvalue weighted by Gasteiger charge is -2.37. The summed E-state index contributed by atoms with van der Waals surface area (Å²) in [5, 5.41) is 13.1. The second-order valence-electron chi connectivity index (χ2n) is 5.95. The minimum Gasteiger partial charge on any atom is -0.393 e. The van der Waals surface area contributed by atoms with Crippen LogP contribution in [0.2, 0.25) is 0 Å². The van der Waals surface area contributed by atoms with Crippen LogP contribution in [0.15, 0.2) is 0 Å². The third-order valence-electron chi connectivity index (χ3n) is 3.87. The van der Waals surface area contributed by atoms with Crippen molar-refractivity contribution in [2.75, 3.05) is 0 Å². The summed E-state index contributed by atoms with van der Waals surface area (Å²) in [4.78, 5) is 0. The average molecular weight is 227 g/mol. The third kappa shape index (κ3) is 4.42. The van der Waals surface area contributed by atoms with Gasteiger partial charge in [-0.25, -0.2) is 0 Å². The van der Waals surface area contributed by atoms with Gasteiger partial charge in [-0.1, -0.05) is 26.7 Å². The smallest absolute Gasteiger partial charge is 0.0526 e. The monoisotopic (exact) mass is 227 g/mol. The Hall–Kier alpha value is -0.0800. The summed E-state index contributed by atoms with van der Waals surface area (Å²) in [6.45, 7) is 8.74. The molecule has 0 aromatic rings. The first kappa shape index (κ1) is 14.0. The second kappa shape index (κ2) is 6.61. The van der Waals surface area contributed by atoms with Gasteiger partial charge < -0.3 is 10.4 Å². The van der Waals surface area contributed by atoms with E-state index in [2.05, 4.69) is 26.1 Å². The highest BCUT2D eigenvalue weighted by Gasteiger charge is 2.28. The Morgan fingerprint density at radius 3 is 2.31 bits per heavy atom. The maximum atomic E-state index is 9.39. The summed E-state index contributed by atoms with van der Waals surface area (Å²) in [6.07, 6.45) is 6.11. The van der Waals surface area contributed by atoms with Crippen molar-refractivity contribution >= 4 is 0 Å². The molecule has 0 aromatic carbocycles. The fraction of sp³-hybridized carbons (Fsp3) is 1.00. The average Bonchev–Trinajstić information content (AvgIpc) is 2.16. The fourth-order valence-corrected chi connectivity index (χ4v) is 3.11. The molecular formula is C14H29NO. The number of hydrogen-bond donors (Lipinski definition) is 2. The lowest BCUT2D eigenvalue weighted by molar-refractivity contribution is 0.148. The molecule has 1 saturated carbocycles. The molecule has 0 bridgehead atoms. The Balaban J connectivity index is 2.43. The first-order valence-electron chi connectivity index (χ1n) is 6.94. The fourth-order valence-electron chi connectivity index (χ4n) is 3.11. The highest BCUT2D eigenvalue weighted by atomic mass is 16.3. The summed E-state index contributed by atoms with van der Waals surface area (Å²) in [6, 6.07) is 1.10. The first-order chi connectivity index (χ1) is 7.50. The van der Waals surface area contributed by atoms with Gasteiger partial charge in [-0.15, -0.1) is 0 Å². The predicted molar refractivity (Wildman–Crippen MR) is 69.5 cm³/mol. The van der Waals surface area contributed by atoms with Crippen molar-refractivity contribution in [3.8, 4) is 0 Å². The van der Waals surface area contributed by atoms with Gasteiger partial charge in [0.05, 0.1) is 6.10 Å². The Morgan fingerprint density at radius 2 is 1.75 bits per heavy atom. The molecule has 1 rings (SSSR count). The molecule has 0 aromatic heterocycles. The minimum absolute atomic E-state index is 0.191. The van der Waals surface area contributed by atoms with Crippen LogP contribution in [0.3, 0.4) is 0 Å². The zero-order chi connectivity index (χ0) is 12.1. The molecule has 1 aliphatic carbocycles. The van der Waals surface area contributed by atoms with Crippen molar-refractivity contribution < 1.29 is 5.11 Å². The summed E-state index contributed by atoms with van der Waals surface area (Å²) in [5.74, 6) is 1.60. The van der Waals surface area contributed by atoms with E-state index in [4.69, 9.17) is 0 Å². The summed E-state index contributed by atoms with van der Waals surface area (Å²) < 4.78 is 0. The van der Waals surface area contributed by atoms with Crippen LogP contribution in [-0.4, -0.2) is 23.3 Å². The lowest BCUT2D eigenvalue weighted by Crippen LogP contribution is -2.45. The topological polar surface area (TPSA) is 32.3 Å². The number of aliphatic hydroxyl groups excluding tert-OH is 1. The van der Waals surface area contributed by atoms with E-state index in [0.29, 0.717) is 12.1 Å². The minimum atomic E-state index is -0.191. The summed E-state index contributed by atoms with van der Waals surface area (Å²) >= 11 is 0. The van der Waals surface area contributed by atoms with E-state index < -0.39 is 0 Å². The molecule has 2 heteroatoms. The summed E-state index contributed by atoms with van der Waals surface area (Å²) in [7, 11) is 0. The molecule has 2 N–H and O–H groups in total. The SMILES string of the molecule is CC(O)CC(C)NC1CCCCC1C(C)C. The Morgan fingerprint density at radius 1 is 1.12 bits per heavy atom. The van der Waals surface area contributed by atoms with Gasteiger partial charge in [0.15, 0.2) is 0 Å². The number of nitrogens with one attached hydrogen (secondary N) is 1. The first-order valence-corrected chi connectivity index (χ1v) is 6.94. The molecule has 0 spiro atoms. The third-order valence-corrected chi connectivity index (χ3v) is 3.87. The van der Waals surface area contributed by atoms with E-state index in [-0.39, 0.29) is 6.10 Å². The molecule has 1 fully saturated rings. The van der Waals surface area contributed by atoms with Gasteiger partial charge in [-0.3, -0.25) is 0 Å². The van der Waals surface area contributed by atoms with Gasteiger partial charge in [0.1, 0.15) is 0 Å². The second-order valence-corrected chi connectivity index (χ2v) is 5.95. The Bertz CT molecular complexity index is 191. The van der Waals surface area contributed by atoms with E-state index >= 15 is 0 Å². The number of aliphatic hydroxyl groups is 1. The van der Waals surface area contributed by atoms with Crippen molar-refractivity contribution in [2.24, 2.45) is 11.8 Å². The van der Waals surface area contributed by atoms with Crippen LogP contribution in [0.4, 0.5) is 0 Å². The van der Waals surface area contributed by atoms with Gasteiger partial charge in [-0.05, 0) is 44.9 Å². The zero-order valence-corrected chi connectivity index (χ0v) is 11.4. The van der Waals surface area contributed by atoms with Crippen molar-refractivity contribution in [3.05, 3.63) is 0 Å². The van der Waals surface area contributed by atoms with E-state index in [0.717, 1.165) is 18.3 Å². The molecule has 1 aliphatic rings. The molecule has 0 radical (unpaired) electrons. The molecule has 0 aliphatic heterocycles. The molecule has 0 amide bonds. The predicted octanol–water partition coefficient (Wildman–Crippen LogP) is 2.95. The molecule has 16 heavy (non-hydrogen) atoms. The standard InChI is InChI=1S/C14H29NO/c1-10(2)13-7-5-6-8-14(13)15-11(3)9-12(4)16/h10-16H,5-9H2,1-4H3. The normalized spacial score (nSPS) is 30.4. The maximum absolute atomic E-state index is 9.39. The van der Waals surface area contributed by atoms with Crippen molar-refractivity contribution in [2.45, 2.75) is 78.0 Å². The molecule has 2 nitrogen and oxygen atoms in total. The van der Waals surface area contributed by atoms with Crippen LogP contribution in [0, 0.1) is 11.8 Å². The van der Waals surface area contributed by atoms with Gasteiger partial charge in [-0.2, -0.15) is 0 Å². The van der Waals surface area contributed by atoms with Crippen LogP contribution >= 0.6 is 0 Å². The van der Waals surface area contributed by atoms with Crippen LogP contribution in [0.25, 0.3) is 0 Å². The molecule has 4 atom stereocenters. The number of rotatable bonds is 5. The van der Waals surface area contributed by atoms with Gasteiger partial charge in [0.2, 0.25) is 0 Å². The van der Waals surface area contributed by atoms with Crippen molar-refractivity contribution in [3.63, 3.8) is 0 Å². The molecule has 0 heterocycles. The van der Waals surface area contributed by atoms with Crippen LogP contribution in [0.1, 0.15) is 59.8 Å². The van der Waals surface area contributed by atoms with Gasteiger partial charge in [0.25, 0.3) is 0 Å². The molecular weight excluding hydrogens is 198 g/mol. The van der Waals surface area contributed by atoms with E-state index in [9.17, 15) is 5.11 Å².